The number of rotatable bonds is 6. The smallest absolute Gasteiger partial charge is 0.261 e. The first kappa shape index (κ1) is 20.1. The van der Waals surface area contributed by atoms with E-state index in [2.05, 4.69) is 26.6 Å². The lowest BCUT2D eigenvalue weighted by atomic mass is 10.3. The van der Waals surface area contributed by atoms with Crippen molar-refractivity contribution >= 4 is 45.0 Å². The van der Waals surface area contributed by atoms with Crippen LogP contribution in [-0.2, 0) is 9.59 Å². The molecule has 26 heavy (non-hydrogen) atoms. The second kappa shape index (κ2) is 8.95. The minimum atomic E-state index is -1.08. The van der Waals surface area contributed by atoms with Crippen LogP contribution in [0.2, 0.25) is 5.02 Å². The number of carbonyl (C=O) groups is 2. The van der Waals surface area contributed by atoms with Crippen LogP contribution in [0.3, 0.4) is 0 Å². The van der Waals surface area contributed by atoms with Gasteiger partial charge < -0.3 is 15.4 Å². The zero-order valence-electron chi connectivity index (χ0n) is 13.5. The van der Waals surface area contributed by atoms with E-state index in [-0.39, 0.29) is 12.2 Å². The average molecular weight is 448 g/mol. The Labute approximate surface area is 161 Å². The summed E-state index contributed by atoms with van der Waals surface area (Å²) in [6.07, 6.45) is -0.872. The fourth-order valence-electron chi connectivity index (χ4n) is 1.90. The molecule has 0 aromatic heterocycles. The monoisotopic (exact) mass is 446 g/mol. The molecular weight excluding hydrogens is 434 g/mol. The van der Waals surface area contributed by atoms with Crippen LogP contribution in [0.15, 0.2) is 40.9 Å². The van der Waals surface area contributed by atoms with Gasteiger partial charge in [-0.15, -0.1) is 0 Å². The molecule has 0 aliphatic heterocycles. The van der Waals surface area contributed by atoms with Gasteiger partial charge in [-0.1, -0.05) is 11.6 Å². The lowest BCUT2D eigenvalue weighted by molar-refractivity contribution is -0.129. The lowest BCUT2D eigenvalue weighted by Gasteiger charge is -2.16. The molecule has 138 valence electrons. The quantitative estimate of drug-likeness (QED) is 0.706. The Morgan fingerprint density at radius 3 is 2.58 bits per heavy atom. The van der Waals surface area contributed by atoms with Gasteiger partial charge in [0.25, 0.3) is 5.91 Å². The molecule has 2 aromatic carbocycles. The summed E-state index contributed by atoms with van der Waals surface area (Å²) in [4.78, 5) is 23.8. The van der Waals surface area contributed by atoms with E-state index in [1.807, 2.05) is 0 Å². The van der Waals surface area contributed by atoms with Gasteiger partial charge in [-0.2, -0.15) is 0 Å². The summed E-state index contributed by atoms with van der Waals surface area (Å²) >= 11 is 9.10. The van der Waals surface area contributed by atoms with E-state index in [0.29, 0.717) is 15.2 Å². The first-order valence-corrected chi connectivity index (χ1v) is 8.57. The van der Waals surface area contributed by atoms with Gasteiger partial charge in [-0.3, -0.25) is 9.59 Å². The highest BCUT2D eigenvalue weighted by molar-refractivity contribution is 9.10. The molecule has 0 aliphatic carbocycles. The summed E-state index contributed by atoms with van der Waals surface area (Å²) in [5.41, 5.74) is 0.0811. The number of anilines is 1. The third-order valence-corrected chi connectivity index (χ3v) is 4.05. The van der Waals surface area contributed by atoms with E-state index in [1.54, 1.807) is 18.2 Å². The van der Waals surface area contributed by atoms with E-state index in [4.69, 9.17) is 16.3 Å². The Morgan fingerprint density at radius 2 is 1.92 bits per heavy atom. The van der Waals surface area contributed by atoms with Crippen molar-refractivity contribution in [1.29, 1.82) is 0 Å². The highest BCUT2D eigenvalue weighted by atomic mass is 79.9. The first-order valence-electron chi connectivity index (χ1n) is 7.40. The predicted molar refractivity (Wildman–Crippen MR) is 97.2 cm³/mol. The van der Waals surface area contributed by atoms with Gasteiger partial charge in [0.05, 0.1) is 11.0 Å². The summed E-state index contributed by atoms with van der Waals surface area (Å²) in [7, 11) is 0. The van der Waals surface area contributed by atoms with Crippen LogP contribution >= 0.6 is 27.5 Å². The number of ether oxygens (including phenoxy) is 1. The Morgan fingerprint density at radius 1 is 1.19 bits per heavy atom. The van der Waals surface area contributed by atoms with Gasteiger partial charge in [-0.05, 0) is 53.2 Å². The fraction of sp³-hybridized carbons (Fsp3) is 0.176. The lowest BCUT2D eigenvalue weighted by Crippen LogP contribution is -2.40. The highest BCUT2D eigenvalue weighted by Crippen LogP contribution is 2.28. The number of carbonyl (C=O) groups excluding carboxylic acids is 2. The van der Waals surface area contributed by atoms with Crippen LogP contribution in [0.5, 0.6) is 5.75 Å². The number of hydrogen-bond donors (Lipinski definition) is 2. The average Bonchev–Trinajstić information content (AvgIpc) is 2.58. The molecular formula is C17H14BrClF2N2O3. The Hall–Kier alpha value is -2.19. The molecule has 5 nitrogen and oxygen atoms in total. The molecule has 0 saturated heterocycles. The van der Waals surface area contributed by atoms with Gasteiger partial charge in [0.2, 0.25) is 5.91 Å². The summed E-state index contributed by atoms with van der Waals surface area (Å²) in [6.45, 7) is 1.16. The van der Waals surface area contributed by atoms with Crippen molar-refractivity contribution in [3.8, 4) is 5.75 Å². The van der Waals surface area contributed by atoms with Crippen LogP contribution in [0.4, 0.5) is 14.5 Å². The summed E-state index contributed by atoms with van der Waals surface area (Å²) < 4.78 is 32.0. The fourth-order valence-corrected chi connectivity index (χ4v) is 2.68. The molecule has 0 radical (unpaired) electrons. The van der Waals surface area contributed by atoms with Crippen molar-refractivity contribution in [3.63, 3.8) is 0 Å². The summed E-state index contributed by atoms with van der Waals surface area (Å²) in [5, 5.41) is 5.25. The largest absolute Gasteiger partial charge is 0.480 e. The van der Waals surface area contributed by atoms with Crippen molar-refractivity contribution < 1.29 is 23.1 Å². The normalized spacial score (nSPS) is 11.6. The maximum Gasteiger partial charge on any atom is 0.261 e. The summed E-state index contributed by atoms with van der Waals surface area (Å²) in [5.74, 6) is -2.79. The van der Waals surface area contributed by atoms with Crippen molar-refractivity contribution in [2.45, 2.75) is 13.0 Å². The second-order valence-corrected chi connectivity index (χ2v) is 6.52. The van der Waals surface area contributed by atoms with Crippen LogP contribution < -0.4 is 15.4 Å². The van der Waals surface area contributed by atoms with Gasteiger partial charge in [0.15, 0.2) is 17.7 Å². The Balaban J connectivity index is 1.84. The molecule has 0 aliphatic rings. The zero-order valence-corrected chi connectivity index (χ0v) is 15.8. The minimum Gasteiger partial charge on any atom is -0.480 e. The minimum absolute atomic E-state index is 0.0811. The molecule has 0 heterocycles. The van der Waals surface area contributed by atoms with Gasteiger partial charge in [-0.25, -0.2) is 8.78 Å². The molecule has 2 rings (SSSR count). The Bertz CT molecular complexity index is 836. The molecule has 1 atom stereocenters. The van der Waals surface area contributed by atoms with Crippen LogP contribution in [-0.4, -0.2) is 24.5 Å². The topological polar surface area (TPSA) is 67.4 Å². The Kier molecular flexibility index (Phi) is 6.93. The van der Waals surface area contributed by atoms with Crippen LogP contribution in [0.25, 0.3) is 0 Å². The van der Waals surface area contributed by atoms with E-state index in [1.165, 1.54) is 13.0 Å². The maximum absolute atomic E-state index is 13.1. The van der Waals surface area contributed by atoms with E-state index in [9.17, 15) is 18.4 Å². The van der Waals surface area contributed by atoms with Crippen LogP contribution in [0, 0.1) is 11.6 Å². The third-order valence-electron chi connectivity index (χ3n) is 3.19. The first-order chi connectivity index (χ1) is 12.3. The van der Waals surface area contributed by atoms with Gasteiger partial charge in [0.1, 0.15) is 5.75 Å². The van der Waals surface area contributed by atoms with E-state index in [0.717, 1.165) is 12.1 Å². The summed E-state index contributed by atoms with van der Waals surface area (Å²) in [6, 6.07) is 7.79. The number of hydrogen-bond acceptors (Lipinski definition) is 3. The number of halogens is 4. The molecule has 0 bridgehead atoms. The van der Waals surface area contributed by atoms with E-state index >= 15 is 0 Å². The highest BCUT2D eigenvalue weighted by Gasteiger charge is 2.17. The zero-order chi connectivity index (χ0) is 19.3. The molecule has 9 heteroatoms. The van der Waals surface area contributed by atoms with E-state index < -0.39 is 29.6 Å². The maximum atomic E-state index is 13.1. The third kappa shape index (κ3) is 5.67. The van der Waals surface area contributed by atoms with Crippen molar-refractivity contribution in [2.24, 2.45) is 0 Å². The molecule has 0 fully saturated rings. The second-order valence-electron chi connectivity index (χ2n) is 5.23. The molecule has 2 N–H and O–H groups in total. The molecule has 2 aromatic rings. The number of amides is 2. The molecule has 0 saturated carbocycles. The van der Waals surface area contributed by atoms with Crippen molar-refractivity contribution in [2.75, 3.05) is 11.9 Å². The van der Waals surface area contributed by atoms with Gasteiger partial charge >= 0.3 is 0 Å². The van der Waals surface area contributed by atoms with Crippen LogP contribution in [0.1, 0.15) is 6.92 Å². The standard InChI is InChI=1S/C17H14BrClF2N2O3/c1-9(26-15-5-2-10(19)6-12(15)18)17(25)22-8-16(24)23-11-3-4-13(20)14(21)7-11/h2-7,9H,8H2,1H3,(H,22,25)(H,23,24). The molecule has 0 spiro atoms. The molecule has 1 unspecified atom stereocenters. The number of nitrogens with one attached hydrogen (secondary N) is 2. The van der Waals surface area contributed by atoms with Crippen molar-refractivity contribution in [1.82, 2.24) is 5.32 Å². The van der Waals surface area contributed by atoms with Gasteiger partial charge in [0, 0.05) is 16.8 Å². The molecule has 2 amide bonds. The predicted octanol–water partition coefficient (Wildman–Crippen LogP) is 3.90. The van der Waals surface area contributed by atoms with Crippen molar-refractivity contribution in [3.05, 3.63) is 57.5 Å². The SMILES string of the molecule is CC(Oc1ccc(Cl)cc1Br)C(=O)NCC(=O)Nc1ccc(F)c(F)c1. The number of benzene rings is 2.